The van der Waals surface area contributed by atoms with Crippen LogP contribution in [0.1, 0.15) is 30.1 Å². The summed E-state index contributed by atoms with van der Waals surface area (Å²) in [5.41, 5.74) is 1.79. The first kappa shape index (κ1) is 13.0. The lowest BCUT2D eigenvalue weighted by molar-refractivity contribution is 0.0697. The highest BCUT2D eigenvalue weighted by atomic mass is 16.4. The summed E-state index contributed by atoms with van der Waals surface area (Å²) < 4.78 is 6.50. The fourth-order valence-electron chi connectivity index (χ4n) is 2.65. The number of carbonyl (C=O) groups excluding carboxylic acids is 1. The molecule has 2 aromatic rings. The van der Waals surface area contributed by atoms with Crippen molar-refractivity contribution in [2.45, 2.75) is 19.8 Å². The molecule has 1 saturated heterocycles. The van der Waals surface area contributed by atoms with Gasteiger partial charge in [-0.1, -0.05) is 6.92 Å². The fourth-order valence-corrected chi connectivity index (χ4v) is 2.65. The van der Waals surface area contributed by atoms with E-state index in [9.17, 15) is 9.59 Å². The topological polar surface area (TPSA) is 55.5 Å². The van der Waals surface area contributed by atoms with Crippen LogP contribution < -0.4 is 5.76 Å². The number of rotatable bonds is 1. The molecule has 1 aromatic heterocycles. The number of hydrogen-bond acceptors (Lipinski definition) is 3. The molecule has 0 spiro atoms. The van der Waals surface area contributed by atoms with Crippen molar-refractivity contribution in [3.8, 4) is 0 Å². The predicted molar refractivity (Wildman–Crippen MR) is 75.8 cm³/mol. The highest BCUT2D eigenvalue weighted by Crippen LogP contribution is 2.20. The van der Waals surface area contributed by atoms with Crippen molar-refractivity contribution >= 4 is 17.0 Å². The van der Waals surface area contributed by atoms with Gasteiger partial charge in [-0.2, -0.15) is 0 Å². The maximum Gasteiger partial charge on any atom is 0.419 e. The Balaban J connectivity index is 1.91. The summed E-state index contributed by atoms with van der Waals surface area (Å²) in [4.78, 5) is 25.8. The summed E-state index contributed by atoms with van der Waals surface area (Å²) >= 11 is 0. The molecular weight excluding hydrogens is 256 g/mol. The van der Waals surface area contributed by atoms with Crippen molar-refractivity contribution in [1.82, 2.24) is 9.47 Å². The third-order valence-electron chi connectivity index (χ3n) is 4.11. The average molecular weight is 274 g/mol. The first-order valence-electron chi connectivity index (χ1n) is 6.95. The van der Waals surface area contributed by atoms with E-state index in [-0.39, 0.29) is 5.91 Å². The van der Waals surface area contributed by atoms with Crippen LogP contribution in [0.2, 0.25) is 0 Å². The zero-order chi connectivity index (χ0) is 14.3. The number of likely N-dealkylation sites (tertiary alicyclic amines) is 1. The zero-order valence-corrected chi connectivity index (χ0v) is 11.8. The Hall–Kier alpha value is -2.04. The van der Waals surface area contributed by atoms with Gasteiger partial charge in [0.1, 0.15) is 0 Å². The molecule has 106 valence electrons. The summed E-state index contributed by atoms with van der Waals surface area (Å²) in [5, 5.41) is 0. The maximum absolute atomic E-state index is 12.5. The molecule has 0 N–H and O–H groups in total. The van der Waals surface area contributed by atoms with Gasteiger partial charge in [0, 0.05) is 25.7 Å². The van der Waals surface area contributed by atoms with Gasteiger partial charge in [0.25, 0.3) is 5.91 Å². The minimum atomic E-state index is -0.406. The van der Waals surface area contributed by atoms with Gasteiger partial charge >= 0.3 is 5.76 Å². The van der Waals surface area contributed by atoms with Crippen molar-refractivity contribution < 1.29 is 9.21 Å². The summed E-state index contributed by atoms with van der Waals surface area (Å²) in [6.45, 7) is 3.83. The van der Waals surface area contributed by atoms with E-state index in [0.29, 0.717) is 22.6 Å². The van der Waals surface area contributed by atoms with Gasteiger partial charge in [0.2, 0.25) is 0 Å². The Bertz CT molecular complexity index is 705. The van der Waals surface area contributed by atoms with E-state index < -0.39 is 5.76 Å². The summed E-state index contributed by atoms with van der Waals surface area (Å²) in [6, 6.07) is 5.16. The van der Waals surface area contributed by atoms with Crippen molar-refractivity contribution in [2.75, 3.05) is 13.1 Å². The van der Waals surface area contributed by atoms with Gasteiger partial charge in [-0.3, -0.25) is 9.36 Å². The number of aryl methyl sites for hydroxylation is 1. The standard InChI is InChI=1S/C15H18N2O3/c1-10-5-7-17(8-6-10)14(18)11-3-4-13-12(9-11)16(2)15(19)20-13/h3-4,9-10H,5-8H2,1-2H3. The minimum absolute atomic E-state index is 0.0347. The van der Waals surface area contributed by atoms with Gasteiger partial charge in [0.15, 0.2) is 5.58 Å². The van der Waals surface area contributed by atoms with Crippen LogP contribution in [0, 0.1) is 5.92 Å². The van der Waals surface area contributed by atoms with E-state index in [2.05, 4.69) is 6.92 Å². The number of nitrogens with zero attached hydrogens (tertiary/aromatic N) is 2. The number of benzene rings is 1. The zero-order valence-electron chi connectivity index (χ0n) is 11.8. The lowest BCUT2D eigenvalue weighted by atomic mass is 9.98. The Kier molecular flexibility index (Phi) is 3.12. The molecular formula is C15H18N2O3. The van der Waals surface area contributed by atoms with E-state index in [4.69, 9.17) is 4.42 Å². The molecule has 3 rings (SSSR count). The second-order valence-electron chi connectivity index (χ2n) is 5.58. The molecule has 5 nitrogen and oxygen atoms in total. The first-order chi connectivity index (χ1) is 9.56. The quantitative estimate of drug-likeness (QED) is 0.799. The molecule has 0 bridgehead atoms. The number of fused-ring (bicyclic) bond motifs is 1. The van der Waals surface area contributed by atoms with Crippen molar-refractivity contribution in [3.05, 3.63) is 34.3 Å². The number of amides is 1. The molecule has 1 aromatic carbocycles. The molecule has 1 aliphatic rings. The van der Waals surface area contributed by atoms with Gasteiger partial charge in [0.05, 0.1) is 5.52 Å². The molecule has 1 fully saturated rings. The third-order valence-corrected chi connectivity index (χ3v) is 4.11. The summed E-state index contributed by atoms with van der Waals surface area (Å²) in [7, 11) is 1.64. The number of piperidine rings is 1. The van der Waals surface area contributed by atoms with E-state index >= 15 is 0 Å². The Morgan fingerprint density at radius 3 is 2.70 bits per heavy atom. The molecule has 5 heteroatoms. The Morgan fingerprint density at radius 1 is 1.30 bits per heavy atom. The van der Waals surface area contributed by atoms with Gasteiger partial charge in [-0.15, -0.1) is 0 Å². The SMILES string of the molecule is CC1CCN(C(=O)c2ccc3oc(=O)n(C)c3c2)CC1. The largest absolute Gasteiger partial charge is 0.419 e. The molecule has 20 heavy (non-hydrogen) atoms. The molecule has 0 atom stereocenters. The highest BCUT2D eigenvalue weighted by molar-refractivity contribution is 5.97. The fraction of sp³-hybridized carbons (Fsp3) is 0.467. The van der Waals surface area contributed by atoms with Crippen LogP contribution in [0.15, 0.2) is 27.4 Å². The molecule has 0 unspecified atom stereocenters. The second-order valence-corrected chi connectivity index (χ2v) is 5.58. The number of aromatic nitrogens is 1. The van der Waals surface area contributed by atoms with Crippen LogP contribution in [-0.2, 0) is 7.05 Å². The van der Waals surface area contributed by atoms with E-state index in [0.717, 1.165) is 25.9 Å². The molecule has 1 aliphatic heterocycles. The van der Waals surface area contributed by atoms with E-state index in [1.165, 1.54) is 4.57 Å². The predicted octanol–water partition coefficient (Wildman–Crippen LogP) is 2.00. The van der Waals surface area contributed by atoms with E-state index in [1.807, 2.05) is 4.90 Å². The van der Waals surface area contributed by atoms with Crippen molar-refractivity contribution in [1.29, 1.82) is 0 Å². The van der Waals surface area contributed by atoms with Crippen LogP contribution >= 0.6 is 0 Å². The number of oxazole rings is 1. The smallest absolute Gasteiger partial charge is 0.408 e. The lowest BCUT2D eigenvalue weighted by Gasteiger charge is -2.30. The van der Waals surface area contributed by atoms with Crippen LogP contribution in [0.3, 0.4) is 0 Å². The average Bonchev–Trinajstić information content (AvgIpc) is 2.74. The first-order valence-corrected chi connectivity index (χ1v) is 6.95. The molecule has 2 heterocycles. The molecule has 0 radical (unpaired) electrons. The molecule has 1 amide bonds. The Morgan fingerprint density at radius 2 is 2.00 bits per heavy atom. The summed E-state index contributed by atoms with van der Waals surface area (Å²) in [5.74, 6) is 0.320. The monoisotopic (exact) mass is 274 g/mol. The van der Waals surface area contributed by atoms with Crippen LogP contribution in [0.4, 0.5) is 0 Å². The van der Waals surface area contributed by atoms with Gasteiger partial charge in [-0.05, 0) is 37.0 Å². The van der Waals surface area contributed by atoms with Crippen LogP contribution in [0.25, 0.3) is 11.1 Å². The number of hydrogen-bond donors (Lipinski definition) is 0. The lowest BCUT2D eigenvalue weighted by Crippen LogP contribution is -2.37. The highest BCUT2D eigenvalue weighted by Gasteiger charge is 2.22. The summed E-state index contributed by atoms with van der Waals surface area (Å²) in [6.07, 6.45) is 2.11. The van der Waals surface area contributed by atoms with Crippen LogP contribution in [-0.4, -0.2) is 28.5 Å². The third kappa shape index (κ3) is 2.13. The molecule has 0 saturated carbocycles. The minimum Gasteiger partial charge on any atom is -0.408 e. The number of carbonyl (C=O) groups is 1. The molecule has 0 aliphatic carbocycles. The van der Waals surface area contributed by atoms with Crippen molar-refractivity contribution in [3.63, 3.8) is 0 Å². The van der Waals surface area contributed by atoms with Gasteiger partial charge < -0.3 is 9.32 Å². The second kappa shape index (κ2) is 4.81. The normalized spacial score (nSPS) is 16.8. The van der Waals surface area contributed by atoms with Crippen LogP contribution in [0.5, 0.6) is 0 Å². The van der Waals surface area contributed by atoms with Crippen molar-refractivity contribution in [2.24, 2.45) is 13.0 Å². The van der Waals surface area contributed by atoms with Gasteiger partial charge in [-0.25, -0.2) is 4.79 Å². The Labute approximate surface area is 116 Å². The maximum atomic E-state index is 12.5. The van der Waals surface area contributed by atoms with E-state index in [1.54, 1.807) is 25.2 Å².